The lowest BCUT2D eigenvalue weighted by Crippen LogP contribution is -2.23. The van der Waals surface area contributed by atoms with Crippen molar-refractivity contribution < 1.29 is 4.74 Å². The van der Waals surface area contributed by atoms with Crippen LogP contribution in [0.1, 0.15) is 22.9 Å². The highest BCUT2D eigenvalue weighted by molar-refractivity contribution is 6.32. The van der Waals surface area contributed by atoms with Gasteiger partial charge in [-0.25, -0.2) is 0 Å². The number of benzene rings is 2. The van der Waals surface area contributed by atoms with Crippen molar-refractivity contribution in [3.63, 3.8) is 0 Å². The highest BCUT2D eigenvalue weighted by atomic mass is 35.5. The minimum absolute atomic E-state index is 0.00922. The molecule has 4 rings (SSSR count). The lowest BCUT2D eigenvalue weighted by molar-refractivity contribution is 0.0288. The predicted octanol–water partition coefficient (Wildman–Crippen LogP) is 4.97. The van der Waals surface area contributed by atoms with Crippen molar-refractivity contribution >= 4 is 11.6 Å². The quantitative estimate of drug-likeness (QED) is 0.659. The lowest BCUT2D eigenvalue weighted by atomic mass is 10.1. The molecule has 1 aromatic heterocycles. The Labute approximate surface area is 153 Å². The molecule has 0 unspecified atom stereocenters. The number of aryl methyl sites for hydroxylation is 1. The third-order valence-corrected chi connectivity index (χ3v) is 4.94. The Morgan fingerprint density at radius 1 is 1.08 bits per heavy atom. The molecule has 1 fully saturated rings. The number of ether oxygens (including phenoxy) is 1. The van der Waals surface area contributed by atoms with E-state index in [0.29, 0.717) is 0 Å². The van der Waals surface area contributed by atoms with Gasteiger partial charge in [0.25, 0.3) is 0 Å². The fourth-order valence-corrected chi connectivity index (χ4v) is 3.50. The molecule has 128 valence electrons. The Morgan fingerprint density at radius 2 is 1.88 bits per heavy atom. The summed E-state index contributed by atoms with van der Waals surface area (Å²) in [4.78, 5) is 2.37. The van der Waals surface area contributed by atoms with Crippen LogP contribution in [0, 0.1) is 6.92 Å². The summed E-state index contributed by atoms with van der Waals surface area (Å²) in [7, 11) is 0. The molecule has 2 heterocycles. The zero-order valence-electron chi connectivity index (χ0n) is 14.2. The van der Waals surface area contributed by atoms with Crippen LogP contribution in [0.2, 0.25) is 5.02 Å². The summed E-state index contributed by atoms with van der Waals surface area (Å²) >= 11 is 6.31. The van der Waals surface area contributed by atoms with E-state index in [9.17, 15) is 0 Å². The van der Waals surface area contributed by atoms with Gasteiger partial charge >= 0.3 is 0 Å². The minimum atomic E-state index is -0.00922. The Morgan fingerprint density at radius 3 is 2.68 bits per heavy atom. The maximum absolute atomic E-state index is 6.31. The van der Waals surface area contributed by atoms with Crippen LogP contribution in [-0.4, -0.2) is 22.6 Å². The first-order chi connectivity index (χ1) is 12.2. The molecule has 0 amide bonds. The highest BCUT2D eigenvalue weighted by Gasteiger charge is 2.27. The van der Waals surface area contributed by atoms with Crippen LogP contribution in [0.5, 0.6) is 0 Å². The van der Waals surface area contributed by atoms with E-state index in [2.05, 4.69) is 52.9 Å². The molecule has 0 spiro atoms. The van der Waals surface area contributed by atoms with Gasteiger partial charge in [0.15, 0.2) is 0 Å². The van der Waals surface area contributed by atoms with Crippen LogP contribution in [0.25, 0.3) is 5.69 Å². The maximum Gasteiger partial charge on any atom is 0.138 e. The molecule has 25 heavy (non-hydrogen) atoms. The van der Waals surface area contributed by atoms with Crippen molar-refractivity contribution in [2.45, 2.75) is 19.7 Å². The summed E-state index contributed by atoms with van der Waals surface area (Å²) < 4.78 is 8.07. The monoisotopic (exact) mass is 352 g/mol. The number of halogens is 1. The third kappa shape index (κ3) is 3.49. The van der Waals surface area contributed by atoms with Gasteiger partial charge < -0.3 is 9.30 Å². The van der Waals surface area contributed by atoms with E-state index >= 15 is 0 Å². The molecule has 1 aliphatic heterocycles. The smallest absolute Gasteiger partial charge is 0.138 e. The average molecular weight is 353 g/mol. The van der Waals surface area contributed by atoms with Gasteiger partial charge in [0.1, 0.15) is 6.23 Å². The lowest BCUT2D eigenvalue weighted by Gasteiger charge is -2.22. The molecule has 3 nitrogen and oxygen atoms in total. The first-order valence-electron chi connectivity index (χ1n) is 8.55. The molecule has 0 radical (unpaired) electrons. The van der Waals surface area contributed by atoms with E-state index in [4.69, 9.17) is 16.3 Å². The molecule has 1 saturated heterocycles. The molecule has 3 aromatic rings. The van der Waals surface area contributed by atoms with Crippen LogP contribution in [0.15, 0.2) is 67.0 Å². The summed E-state index contributed by atoms with van der Waals surface area (Å²) in [6.07, 6.45) is 4.15. The highest BCUT2D eigenvalue weighted by Crippen LogP contribution is 2.30. The third-order valence-electron chi connectivity index (χ3n) is 4.62. The summed E-state index contributed by atoms with van der Waals surface area (Å²) in [6, 6.07) is 18.7. The van der Waals surface area contributed by atoms with Crippen LogP contribution in [0.4, 0.5) is 0 Å². The van der Waals surface area contributed by atoms with Crippen LogP contribution in [0.3, 0.4) is 0 Å². The fraction of sp³-hybridized carbons (Fsp3) is 0.238. The Hall–Kier alpha value is -2.07. The number of aromatic nitrogens is 1. The topological polar surface area (TPSA) is 17.4 Å². The molecule has 2 aromatic carbocycles. The van der Waals surface area contributed by atoms with Gasteiger partial charge in [-0.1, -0.05) is 53.6 Å². The summed E-state index contributed by atoms with van der Waals surface area (Å²) in [6.45, 7) is 4.70. The molecule has 1 aliphatic rings. The SMILES string of the molecule is Cc1ccc(CN2CCO[C@@H]2c2ccn(-c3ccccc3Cl)c2)cc1. The largest absolute Gasteiger partial charge is 0.357 e. The Kier molecular flexibility index (Phi) is 4.62. The van der Waals surface area contributed by atoms with Crippen molar-refractivity contribution in [2.24, 2.45) is 0 Å². The van der Waals surface area contributed by atoms with Gasteiger partial charge in [0, 0.05) is 31.0 Å². The normalized spacial score (nSPS) is 17.9. The van der Waals surface area contributed by atoms with Crippen LogP contribution >= 0.6 is 11.6 Å². The molecular formula is C21H21ClN2O. The average Bonchev–Trinajstić information content (AvgIpc) is 3.26. The molecule has 0 N–H and O–H groups in total. The minimum Gasteiger partial charge on any atom is -0.357 e. The van der Waals surface area contributed by atoms with Gasteiger partial charge in [-0.2, -0.15) is 0 Å². The van der Waals surface area contributed by atoms with E-state index in [1.807, 2.05) is 30.5 Å². The van der Waals surface area contributed by atoms with E-state index < -0.39 is 0 Å². The molecule has 0 saturated carbocycles. The fourth-order valence-electron chi connectivity index (χ4n) is 3.27. The zero-order chi connectivity index (χ0) is 17.2. The van der Waals surface area contributed by atoms with Gasteiger partial charge in [0.05, 0.1) is 17.3 Å². The number of hydrogen-bond acceptors (Lipinski definition) is 2. The second-order valence-corrected chi connectivity index (χ2v) is 6.89. The number of hydrogen-bond donors (Lipinski definition) is 0. The number of nitrogens with zero attached hydrogens (tertiary/aromatic N) is 2. The second kappa shape index (κ2) is 7.04. The number of para-hydroxylation sites is 1. The van der Waals surface area contributed by atoms with Crippen molar-refractivity contribution in [1.82, 2.24) is 9.47 Å². The molecule has 1 atom stereocenters. The maximum atomic E-state index is 6.31. The second-order valence-electron chi connectivity index (χ2n) is 6.48. The van der Waals surface area contributed by atoms with Crippen molar-refractivity contribution in [2.75, 3.05) is 13.2 Å². The Balaban J connectivity index is 1.55. The van der Waals surface area contributed by atoms with E-state index in [1.54, 1.807) is 0 Å². The molecular weight excluding hydrogens is 332 g/mol. The molecule has 0 bridgehead atoms. The van der Waals surface area contributed by atoms with Gasteiger partial charge in [-0.15, -0.1) is 0 Å². The van der Waals surface area contributed by atoms with Gasteiger partial charge in [-0.05, 0) is 30.7 Å². The van der Waals surface area contributed by atoms with Crippen LogP contribution < -0.4 is 0 Å². The molecule has 0 aliphatic carbocycles. The van der Waals surface area contributed by atoms with Gasteiger partial charge in [0.2, 0.25) is 0 Å². The first-order valence-corrected chi connectivity index (χ1v) is 8.92. The zero-order valence-corrected chi connectivity index (χ0v) is 15.0. The van der Waals surface area contributed by atoms with Crippen molar-refractivity contribution in [3.05, 3.63) is 88.7 Å². The van der Waals surface area contributed by atoms with E-state index in [1.165, 1.54) is 11.1 Å². The van der Waals surface area contributed by atoms with Crippen molar-refractivity contribution in [1.29, 1.82) is 0 Å². The first kappa shape index (κ1) is 16.4. The number of rotatable bonds is 4. The summed E-state index contributed by atoms with van der Waals surface area (Å²) in [5.41, 5.74) is 4.74. The summed E-state index contributed by atoms with van der Waals surface area (Å²) in [5, 5.41) is 0.744. The summed E-state index contributed by atoms with van der Waals surface area (Å²) in [5.74, 6) is 0. The van der Waals surface area contributed by atoms with Crippen molar-refractivity contribution in [3.8, 4) is 5.69 Å². The van der Waals surface area contributed by atoms with Crippen LogP contribution in [-0.2, 0) is 11.3 Å². The molecule has 4 heteroatoms. The van der Waals surface area contributed by atoms with E-state index in [0.717, 1.165) is 36.0 Å². The van der Waals surface area contributed by atoms with Gasteiger partial charge in [-0.3, -0.25) is 4.90 Å². The Bertz CT molecular complexity index is 856. The standard InChI is InChI=1S/C21H21ClN2O/c1-16-6-8-17(9-7-16)14-24-12-13-25-21(24)18-10-11-23(15-18)20-5-3-2-4-19(20)22/h2-11,15,21H,12-14H2,1H3/t21-/m1/s1. The van der Waals surface area contributed by atoms with E-state index in [-0.39, 0.29) is 6.23 Å². The predicted molar refractivity (Wildman–Crippen MR) is 101 cm³/mol.